The summed E-state index contributed by atoms with van der Waals surface area (Å²) in [6, 6.07) is 7.85. The Balaban J connectivity index is 1.68. The van der Waals surface area contributed by atoms with E-state index in [0.717, 1.165) is 31.5 Å². The number of phenolic OH excluding ortho intramolecular Hbond substituents is 1. The minimum Gasteiger partial charge on any atom is -0.508 e. The fourth-order valence-electron chi connectivity index (χ4n) is 3.67. The number of nitrogens with zero attached hydrogens (tertiary/aromatic N) is 1. The molecule has 1 amide bonds. The van der Waals surface area contributed by atoms with Crippen molar-refractivity contribution in [2.45, 2.75) is 50.6 Å². The molecule has 21 heavy (non-hydrogen) atoms. The molecule has 0 radical (unpaired) electrons. The first kappa shape index (κ1) is 14.4. The number of benzene rings is 1. The maximum atomic E-state index is 12.7. The van der Waals surface area contributed by atoms with E-state index in [-0.39, 0.29) is 11.7 Å². The van der Waals surface area contributed by atoms with Gasteiger partial charge < -0.3 is 15.3 Å². The van der Waals surface area contributed by atoms with Crippen LogP contribution in [0.4, 0.5) is 0 Å². The summed E-state index contributed by atoms with van der Waals surface area (Å²) in [5.74, 6) is 0.423. The molecular weight excluding hydrogens is 264 g/mol. The number of rotatable bonds is 3. The summed E-state index contributed by atoms with van der Waals surface area (Å²) in [5.41, 5.74) is 0.892. The standard InChI is InChI=1S/C17H24N2O2/c20-14-6-3-5-13(11-14)12-17(21)19-10-2-1-8-16(19)15-7-4-9-18-15/h3,5-6,11,15-16,18,20H,1-2,4,7-10,12H2. The monoisotopic (exact) mass is 288 g/mol. The maximum absolute atomic E-state index is 12.7. The van der Waals surface area contributed by atoms with E-state index < -0.39 is 0 Å². The van der Waals surface area contributed by atoms with Gasteiger partial charge in [-0.2, -0.15) is 0 Å². The lowest BCUT2D eigenvalue weighted by Crippen LogP contribution is -2.53. The Morgan fingerprint density at radius 2 is 2.19 bits per heavy atom. The van der Waals surface area contributed by atoms with Gasteiger partial charge in [0.25, 0.3) is 0 Å². The van der Waals surface area contributed by atoms with Gasteiger partial charge in [0.1, 0.15) is 5.75 Å². The summed E-state index contributed by atoms with van der Waals surface area (Å²) in [4.78, 5) is 14.7. The lowest BCUT2D eigenvalue weighted by atomic mass is 9.94. The summed E-state index contributed by atoms with van der Waals surface area (Å²) in [5, 5.41) is 13.1. The van der Waals surface area contributed by atoms with E-state index in [2.05, 4.69) is 10.2 Å². The van der Waals surface area contributed by atoms with Gasteiger partial charge in [0.2, 0.25) is 5.91 Å². The molecule has 2 heterocycles. The topological polar surface area (TPSA) is 52.6 Å². The van der Waals surface area contributed by atoms with Crippen LogP contribution >= 0.6 is 0 Å². The minimum atomic E-state index is 0.194. The number of hydrogen-bond acceptors (Lipinski definition) is 3. The summed E-state index contributed by atoms with van der Waals surface area (Å²) in [6.45, 7) is 1.95. The summed E-state index contributed by atoms with van der Waals surface area (Å²) >= 11 is 0. The first-order valence-corrected chi connectivity index (χ1v) is 8.05. The Labute approximate surface area is 126 Å². The number of carbonyl (C=O) groups excluding carboxylic acids is 1. The minimum absolute atomic E-state index is 0.194. The molecule has 2 atom stereocenters. The number of piperidine rings is 1. The Morgan fingerprint density at radius 1 is 1.29 bits per heavy atom. The van der Waals surface area contributed by atoms with E-state index in [1.54, 1.807) is 18.2 Å². The lowest BCUT2D eigenvalue weighted by molar-refractivity contribution is -0.134. The molecule has 0 saturated carbocycles. The van der Waals surface area contributed by atoms with Crippen molar-refractivity contribution in [3.63, 3.8) is 0 Å². The van der Waals surface area contributed by atoms with Crippen molar-refractivity contribution in [2.24, 2.45) is 0 Å². The van der Waals surface area contributed by atoms with Gasteiger partial charge in [-0.1, -0.05) is 12.1 Å². The summed E-state index contributed by atoms with van der Waals surface area (Å²) in [7, 11) is 0. The molecule has 0 spiro atoms. The highest BCUT2D eigenvalue weighted by molar-refractivity contribution is 5.79. The van der Waals surface area contributed by atoms with Gasteiger partial charge in [-0.05, 0) is 56.3 Å². The molecule has 2 unspecified atom stereocenters. The average molecular weight is 288 g/mol. The zero-order chi connectivity index (χ0) is 14.7. The molecule has 1 aromatic rings. The summed E-state index contributed by atoms with van der Waals surface area (Å²) < 4.78 is 0. The van der Waals surface area contributed by atoms with Gasteiger partial charge in [0, 0.05) is 18.6 Å². The van der Waals surface area contributed by atoms with Crippen molar-refractivity contribution in [3.05, 3.63) is 29.8 Å². The highest BCUT2D eigenvalue weighted by Gasteiger charge is 2.33. The van der Waals surface area contributed by atoms with Crippen LogP contribution in [0.2, 0.25) is 0 Å². The molecule has 114 valence electrons. The molecule has 0 aromatic heterocycles. The van der Waals surface area contributed by atoms with Crippen LogP contribution in [0.3, 0.4) is 0 Å². The van der Waals surface area contributed by atoms with Crippen molar-refractivity contribution in [2.75, 3.05) is 13.1 Å². The second-order valence-electron chi connectivity index (χ2n) is 6.20. The zero-order valence-electron chi connectivity index (χ0n) is 12.4. The van der Waals surface area contributed by atoms with Crippen molar-refractivity contribution >= 4 is 5.91 Å². The van der Waals surface area contributed by atoms with Crippen LogP contribution in [0, 0.1) is 0 Å². The van der Waals surface area contributed by atoms with E-state index in [1.807, 2.05) is 6.07 Å². The van der Waals surface area contributed by atoms with E-state index in [4.69, 9.17) is 0 Å². The van der Waals surface area contributed by atoms with E-state index >= 15 is 0 Å². The van der Waals surface area contributed by atoms with E-state index in [1.165, 1.54) is 19.3 Å². The van der Waals surface area contributed by atoms with E-state index in [9.17, 15) is 9.90 Å². The van der Waals surface area contributed by atoms with Crippen LogP contribution < -0.4 is 5.32 Å². The Hall–Kier alpha value is -1.55. The third kappa shape index (κ3) is 3.38. The molecule has 3 rings (SSSR count). The third-order valence-corrected chi connectivity index (χ3v) is 4.70. The average Bonchev–Trinajstić information content (AvgIpc) is 3.01. The van der Waals surface area contributed by atoms with Crippen LogP contribution in [-0.2, 0) is 11.2 Å². The smallest absolute Gasteiger partial charge is 0.227 e. The van der Waals surface area contributed by atoms with Gasteiger partial charge in [0.05, 0.1) is 6.42 Å². The highest BCUT2D eigenvalue weighted by Crippen LogP contribution is 2.25. The van der Waals surface area contributed by atoms with Crippen LogP contribution in [0.15, 0.2) is 24.3 Å². The fourth-order valence-corrected chi connectivity index (χ4v) is 3.67. The van der Waals surface area contributed by atoms with Crippen molar-refractivity contribution in [1.29, 1.82) is 0 Å². The number of aromatic hydroxyl groups is 1. The third-order valence-electron chi connectivity index (χ3n) is 4.70. The van der Waals surface area contributed by atoms with E-state index in [0.29, 0.717) is 18.5 Å². The largest absolute Gasteiger partial charge is 0.508 e. The number of amides is 1. The molecular formula is C17H24N2O2. The summed E-state index contributed by atoms with van der Waals surface area (Å²) in [6.07, 6.45) is 6.23. The molecule has 4 heteroatoms. The molecule has 2 fully saturated rings. The number of likely N-dealkylation sites (tertiary alicyclic amines) is 1. The van der Waals surface area contributed by atoms with Gasteiger partial charge in [0.15, 0.2) is 0 Å². The molecule has 2 N–H and O–H groups in total. The second kappa shape index (κ2) is 6.48. The van der Waals surface area contributed by atoms with Crippen LogP contribution in [0.1, 0.15) is 37.7 Å². The van der Waals surface area contributed by atoms with Gasteiger partial charge in [-0.15, -0.1) is 0 Å². The molecule has 1 aromatic carbocycles. The van der Waals surface area contributed by atoms with Crippen molar-refractivity contribution in [3.8, 4) is 5.75 Å². The first-order valence-electron chi connectivity index (χ1n) is 8.05. The Kier molecular flexibility index (Phi) is 4.44. The van der Waals surface area contributed by atoms with Crippen molar-refractivity contribution < 1.29 is 9.90 Å². The fraction of sp³-hybridized carbons (Fsp3) is 0.588. The molecule has 4 nitrogen and oxygen atoms in total. The van der Waals surface area contributed by atoms with Crippen LogP contribution in [0.5, 0.6) is 5.75 Å². The molecule has 2 aliphatic rings. The first-order chi connectivity index (χ1) is 10.2. The lowest BCUT2D eigenvalue weighted by Gasteiger charge is -2.39. The maximum Gasteiger partial charge on any atom is 0.227 e. The van der Waals surface area contributed by atoms with Crippen molar-refractivity contribution in [1.82, 2.24) is 10.2 Å². The predicted molar refractivity (Wildman–Crippen MR) is 82.2 cm³/mol. The Morgan fingerprint density at radius 3 is 2.95 bits per heavy atom. The van der Waals surface area contributed by atoms with Gasteiger partial charge in [-0.25, -0.2) is 0 Å². The van der Waals surface area contributed by atoms with Crippen LogP contribution in [0.25, 0.3) is 0 Å². The zero-order valence-corrected chi connectivity index (χ0v) is 12.4. The highest BCUT2D eigenvalue weighted by atomic mass is 16.3. The quantitative estimate of drug-likeness (QED) is 0.895. The number of hydrogen-bond donors (Lipinski definition) is 2. The Bertz CT molecular complexity index is 497. The SMILES string of the molecule is O=C(Cc1cccc(O)c1)N1CCCCC1C1CCCN1. The number of phenols is 1. The molecule has 0 bridgehead atoms. The van der Waals surface area contributed by atoms with Gasteiger partial charge in [-0.3, -0.25) is 4.79 Å². The molecule has 0 aliphatic carbocycles. The molecule has 2 aliphatic heterocycles. The number of carbonyl (C=O) groups is 1. The normalized spacial score (nSPS) is 26.0. The molecule has 2 saturated heterocycles. The number of nitrogens with one attached hydrogen (secondary N) is 1. The van der Waals surface area contributed by atoms with Gasteiger partial charge >= 0.3 is 0 Å². The predicted octanol–water partition coefficient (Wildman–Crippen LogP) is 2.07. The second-order valence-corrected chi connectivity index (χ2v) is 6.20. The van der Waals surface area contributed by atoms with Crippen LogP contribution in [-0.4, -0.2) is 41.1 Å².